The second-order valence-corrected chi connectivity index (χ2v) is 8.02. The number of aryl methyl sites for hydroxylation is 2. The number of hydrogen-bond acceptors (Lipinski definition) is 5. The van der Waals surface area contributed by atoms with Crippen molar-refractivity contribution in [3.8, 4) is 0 Å². The number of nitrogens with zero attached hydrogens (tertiary/aromatic N) is 3. The van der Waals surface area contributed by atoms with Crippen molar-refractivity contribution in [2.75, 3.05) is 11.9 Å². The van der Waals surface area contributed by atoms with Crippen LogP contribution in [-0.4, -0.2) is 29.2 Å². The summed E-state index contributed by atoms with van der Waals surface area (Å²) in [6.45, 7) is 3.62. The van der Waals surface area contributed by atoms with Crippen molar-refractivity contribution in [1.82, 2.24) is 4.90 Å². The molecule has 2 aromatic carbocycles. The minimum atomic E-state index is -0.441. The highest BCUT2D eigenvalue weighted by atomic mass is 16.2. The van der Waals surface area contributed by atoms with E-state index in [1.807, 2.05) is 62.4 Å². The predicted molar refractivity (Wildman–Crippen MR) is 117 cm³/mol. The molecule has 2 aromatic rings. The molecule has 1 heterocycles. The Balaban J connectivity index is 1.48. The molecule has 7 nitrogen and oxygen atoms in total. The second kappa shape index (κ2) is 8.63. The smallest absolute Gasteiger partial charge is 0.244 e. The largest absolute Gasteiger partial charge is 0.323 e. The Morgan fingerprint density at radius 2 is 1.55 bits per heavy atom. The second-order valence-electron chi connectivity index (χ2n) is 8.02. The Labute approximate surface area is 180 Å². The van der Waals surface area contributed by atoms with E-state index < -0.39 is 5.91 Å². The third-order valence-electron chi connectivity index (χ3n) is 5.64. The number of imide groups is 1. The fraction of sp³-hybridized carbons (Fsp3) is 0.292. The lowest BCUT2D eigenvalue weighted by Gasteiger charge is -2.15. The molecule has 2 aliphatic rings. The Kier molecular flexibility index (Phi) is 5.75. The van der Waals surface area contributed by atoms with Crippen LogP contribution in [0.5, 0.6) is 0 Å². The molecule has 1 aliphatic carbocycles. The first-order valence-electron chi connectivity index (χ1n) is 10.3. The van der Waals surface area contributed by atoms with Gasteiger partial charge in [0.1, 0.15) is 12.2 Å². The lowest BCUT2D eigenvalue weighted by atomic mass is 9.85. The maximum atomic E-state index is 12.7. The van der Waals surface area contributed by atoms with Crippen molar-refractivity contribution in [3.05, 3.63) is 65.7 Å². The van der Waals surface area contributed by atoms with Crippen LogP contribution in [-0.2, 0) is 14.4 Å². The molecular formula is C24H24N4O3. The Morgan fingerprint density at radius 1 is 0.935 bits per heavy atom. The Hall–Kier alpha value is -3.61. The van der Waals surface area contributed by atoms with Crippen molar-refractivity contribution in [1.29, 1.82) is 0 Å². The minimum Gasteiger partial charge on any atom is -0.323 e. The molecule has 0 radical (unpaired) electrons. The standard InChI is InChI=1S/C24H24N4O3/c1-15-7-10-17(11-8-15)26-27-21-13-16(2)9-12-20(21)25-22(29)14-28-23(30)18-5-3-4-6-19(18)24(28)31/h3-4,7-13,18-19H,5-6,14H2,1-2H3,(H,25,29). The van der Waals surface area contributed by atoms with Crippen LogP contribution < -0.4 is 5.32 Å². The number of nitrogens with one attached hydrogen (secondary N) is 1. The number of anilines is 1. The SMILES string of the molecule is Cc1ccc(N=Nc2cc(C)ccc2NC(=O)CN2C(=O)C3CC=CCC3C2=O)cc1. The van der Waals surface area contributed by atoms with Gasteiger partial charge in [0, 0.05) is 0 Å². The number of carbonyl (C=O) groups is 3. The van der Waals surface area contributed by atoms with Gasteiger partial charge in [-0.1, -0.05) is 35.9 Å². The molecule has 2 unspecified atom stereocenters. The summed E-state index contributed by atoms with van der Waals surface area (Å²) in [6.07, 6.45) is 4.95. The van der Waals surface area contributed by atoms with Crippen LogP contribution in [0.2, 0.25) is 0 Å². The van der Waals surface area contributed by atoms with Crippen molar-refractivity contribution in [2.45, 2.75) is 26.7 Å². The molecule has 3 amide bonds. The van der Waals surface area contributed by atoms with E-state index in [2.05, 4.69) is 15.5 Å². The summed E-state index contributed by atoms with van der Waals surface area (Å²) < 4.78 is 0. The number of likely N-dealkylation sites (tertiary alicyclic amines) is 1. The summed E-state index contributed by atoms with van der Waals surface area (Å²) in [5.41, 5.74) is 3.78. The normalized spacial score (nSPS) is 20.4. The quantitative estimate of drug-likeness (QED) is 0.438. The number of fused-ring (bicyclic) bond motifs is 1. The molecule has 0 bridgehead atoms. The first kappa shape index (κ1) is 20.7. The highest BCUT2D eigenvalue weighted by molar-refractivity contribution is 6.09. The molecular weight excluding hydrogens is 392 g/mol. The van der Waals surface area contributed by atoms with E-state index in [-0.39, 0.29) is 30.2 Å². The molecule has 4 rings (SSSR count). The lowest BCUT2D eigenvalue weighted by molar-refractivity contribution is -0.142. The fourth-order valence-electron chi connectivity index (χ4n) is 3.91. The van der Waals surface area contributed by atoms with E-state index in [1.165, 1.54) is 0 Å². The first-order valence-corrected chi connectivity index (χ1v) is 10.3. The molecule has 1 N–H and O–H groups in total. The molecule has 1 saturated heterocycles. The highest BCUT2D eigenvalue weighted by Gasteiger charge is 2.47. The van der Waals surface area contributed by atoms with E-state index in [9.17, 15) is 14.4 Å². The van der Waals surface area contributed by atoms with E-state index in [0.717, 1.165) is 16.0 Å². The molecule has 31 heavy (non-hydrogen) atoms. The van der Waals surface area contributed by atoms with Gasteiger partial charge in [-0.2, -0.15) is 5.11 Å². The molecule has 158 valence electrons. The van der Waals surface area contributed by atoms with E-state index in [1.54, 1.807) is 6.07 Å². The number of azo groups is 1. The zero-order chi connectivity index (χ0) is 22.0. The number of carbonyl (C=O) groups excluding carboxylic acids is 3. The Morgan fingerprint density at radius 3 is 2.19 bits per heavy atom. The van der Waals surface area contributed by atoms with Gasteiger partial charge in [0.15, 0.2) is 0 Å². The Bertz CT molecular complexity index is 1060. The molecule has 0 spiro atoms. The van der Waals surface area contributed by atoms with Gasteiger partial charge < -0.3 is 5.32 Å². The monoisotopic (exact) mass is 416 g/mol. The molecule has 0 saturated carbocycles. The van der Waals surface area contributed by atoms with E-state index in [4.69, 9.17) is 0 Å². The summed E-state index contributed by atoms with van der Waals surface area (Å²) >= 11 is 0. The van der Waals surface area contributed by atoms with Crippen molar-refractivity contribution >= 4 is 34.8 Å². The number of amides is 3. The van der Waals surface area contributed by atoms with E-state index in [0.29, 0.717) is 29.9 Å². The molecule has 1 aliphatic heterocycles. The van der Waals surface area contributed by atoms with Crippen LogP contribution in [0, 0.1) is 25.7 Å². The number of rotatable bonds is 5. The summed E-state index contributed by atoms with van der Waals surface area (Å²) in [5, 5.41) is 11.3. The van der Waals surface area contributed by atoms with Crippen molar-refractivity contribution < 1.29 is 14.4 Å². The van der Waals surface area contributed by atoms with Crippen LogP contribution >= 0.6 is 0 Å². The number of benzene rings is 2. The maximum absolute atomic E-state index is 12.7. The van der Waals surface area contributed by atoms with Gasteiger partial charge in [-0.05, 0) is 56.5 Å². The third-order valence-corrected chi connectivity index (χ3v) is 5.64. The minimum absolute atomic E-state index is 0.266. The van der Waals surface area contributed by atoms with Crippen LogP contribution in [0.4, 0.5) is 17.1 Å². The number of hydrogen-bond donors (Lipinski definition) is 1. The van der Waals surface area contributed by atoms with E-state index >= 15 is 0 Å². The zero-order valence-electron chi connectivity index (χ0n) is 17.5. The average Bonchev–Trinajstić information content (AvgIpc) is 3.00. The summed E-state index contributed by atoms with van der Waals surface area (Å²) in [4.78, 5) is 38.9. The topological polar surface area (TPSA) is 91.2 Å². The maximum Gasteiger partial charge on any atom is 0.244 e. The first-order chi connectivity index (χ1) is 14.9. The summed E-state index contributed by atoms with van der Waals surface area (Å²) in [6, 6.07) is 13.0. The predicted octanol–water partition coefficient (Wildman–Crippen LogP) is 4.61. The zero-order valence-corrected chi connectivity index (χ0v) is 17.5. The highest BCUT2D eigenvalue weighted by Crippen LogP contribution is 2.35. The van der Waals surface area contributed by atoms with Crippen molar-refractivity contribution in [2.24, 2.45) is 22.1 Å². The lowest BCUT2D eigenvalue weighted by Crippen LogP contribution is -2.38. The molecule has 7 heteroatoms. The van der Waals surface area contributed by atoms with Crippen LogP contribution in [0.3, 0.4) is 0 Å². The van der Waals surface area contributed by atoms with Gasteiger partial charge >= 0.3 is 0 Å². The van der Waals surface area contributed by atoms with Gasteiger partial charge in [-0.25, -0.2) is 0 Å². The molecule has 1 fully saturated rings. The van der Waals surface area contributed by atoms with Gasteiger partial charge in [0.2, 0.25) is 17.7 Å². The third kappa shape index (κ3) is 4.45. The fourth-order valence-corrected chi connectivity index (χ4v) is 3.91. The molecule has 0 aromatic heterocycles. The number of allylic oxidation sites excluding steroid dienone is 2. The molecule has 2 atom stereocenters. The van der Waals surface area contributed by atoms with Crippen LogP contribution in [0.15, 0.2) is 64.8 Å². The van der Waals surface area contributed by atoms with Gasteiger partial charge in [-0.3, -0.25) is 19.3 Å². The summed E-state index contributed by atoms with van der Waals surface area (Å²) in [7, 11) is 0. The van der Waals surface area contributed by atoms with Gasteiger partial charge in [-0.15, -0.1) is 5.11 Å². The average molecular weight is 416 g/mol. The van der Waals surface area contributed by atoms with Gasteiger partial charge in [0.05, 0.1) is 23.2 Å². The van der Waals surface area contributed by atoms with Gasteiger partial charge in [0.25, 0.3) is 0 Å². The van der Waals surface area contributed by atoms with Crippen LogP contribution in [0.25, 0.3) is 0 Å². The summed E-state index contributed by atoms with van der Waals surface area (Å²) in [5.74, 6) is -1.66. The van der Waals surface area contributed by atoms with Crippen molar-refractivity contribution in [3.63, 3.8) is 0 Å². The van der Waals surface area contributed by atoms with Crippen LogP contribution in [0.1, 0.15) is 24.0 Å².